The molecule has 16 heavy (non-hydrogen) atoms. The van der Waals surface area contributed by atoms with Crippen molar-refractivity contribution >= 4 is 15.9 Å². The van der Waals surface area contributed by atoms with Gasteiger partial charge in [0.1, 0.15) is 6.07 Å². The van der Waals surface area contributed by atoms with Crippen LogP contribution in [0.4, 0.5) is 0 Å². The van der Waals surface area contributed by atoms with Crippen LogP contribution in [-0.4, -0.2) is 0 Å². The maximum Gasteiger partial charge on any atom is 0.100 e. The molecular weight excluding hydrogens is 264 g/mol. The lowest BCUT2D eigenvalue weighted by molar-refractivity contribution is 0.644. The number of nitrogens with zero attached hydrogens (tertiary/aromatic N) is 2. The van der Waals surface area contributed by atoms with Crippen molar-refractivity contribution in [2.45, 2.75) is 26.7 Å². The Bertz CT molecular complexity index is 464. The highest BCUT2D eigenvalue weighted by molar-refractivity contribution is 9.10. The molecule has 0 N–H and O–H groups in total. The van der Waals surface area contributed by atoms with Crippen molar-refractivity contribution in [1.82, 2.24) is 0 Å². The SMILES string of the molecule is CC(C)Cc1cc(C#N)c(Br)cc1CC#N. The molecule has 0 aromatic heterocycles. The van der Waals surface area contributed by atoms with Crippen LogP contribution in [0.5, 0.6) is 0 Å². The molecule has 1 aromatic carbocycles. The Labute approximate surface area is 105 Å². The number of hydrogen-bond acceptors (Lipinski definition) is 2. The van der Waals surface area contributed by atoms with E-state index in [2.05, 4.69) is 41.9 Å². The summed E-state index contributed by atoms with van der Waals surface area (Å²) in [6, 6.07) is 8.08. The Morgan fingerprint density at radius 1 is 1.25 bits per heavy atom. The van der Waals surface area contributed by atoms with E-state index in [-0.39, 0.29) is 0 Å². The molecule has 2 nitrogen and oxygen atoms in total. The van der Waals surface area contributed by atoms with Gasteiger partial charge in [-0.25, -0.2) is 0 Å². The van der Waals surface area contributed by atoms with Gasteiger partial charge in [0.25, 0.3) is 0 Å². The summed E-state index contributed by atoms with van der Waals surface area (Å²) in [6.07, 6.45) is 1.30. The standard InChI is InChI=1S/C13H13BrN2/c1-9(2)5-11-6-12(8-16)13(14)7-10(11)3-4-15/h6-7,9H,3,5H2,1-2H3. The van der Waals surface area contributed by atoms with Gasteiger partial charge in [0.15, 0.2) is 0 Å². The van der Waals surface area contributed by atoms with E-state index in [4.69, 9.17) is 10.5 Å². The monoisotopic (exact) mass is 276 g/mol. The molecule has 0 radical (unpaired) electrons. The predicted molar refractivity (Wildman–Crippen MR) is 66.7 cm³/mol. The van der Waals surface area contributed by atoms with Crippen LogP contribution in [0.2, 0.25) is 0 Å². The van der Waals surface area contributed by atoms with Gasteiger partial charge in [-0.05, 0) is 51.5 Å². The first-order valence-corrected chi connectivity index (χ1v) is 5.96. The average Bonchev–Trinajstić information content (AvgIpc) is 2.21. The number of rotatable bonds is 3. The lowest BCUT2D eigenvalue weighted by atomic mass is 9.95. The summed E-state index contributed by atoms with van der Waals surface area (Å²) in [5.74, 6) is 0.519. The van der Waals surface area contributed by atoms with Crippen LogP contribution in [0, 0.1) is 28.6 Å². The zero-order valence-electron chi connectivity index (χ0n) is 9.42. The van der Waals surface area contributed by atoms with Crippen LogP contribution >= 0.6 is 15.9 Å². The molecule has 0 saturated carbocycles. The molecule has 0 aliphatic heterocycles. The molecule has 0 heterocycles. The highest BCUT2D eigenvalue weighted by Crippen LogP contribution is 2.24. The number of halogens is 1. The van der Waals surface area contributed by atoms with Gasteiger partial charge in [-0.1, -0.05) is 13.8 Å². The lowest BCUT2D eigenvalue weighted by Crippen LogP contribution is -2.00. The largest absolute Gasteiger partial charge is 0.198 e. The zero-order chi connectivity index (χ0) is 12.1. The van der Waals surface area contributed by atoms with Gasteiger partial charge >= 0.3 is 0 Å². The average molecular weight is 277 g/mol. The van der Waals surface area contributed by atoms with Crippen LogP contribution < -0.4 is 0 Å². The summed E-state index contributed by atoms with van der Waals surface area (Å²) in [4.78, 5) is 0. The fourth-order valence-electron chi connectivity index (χ4n) is 1.62. The molecule has 82 valence electrons. The minimum absolute atomic E-state index is 0.395. The first-order chi connectivity index (χ1) is 7.58. The van der Waals surface area contributed by atoms with Gasteiger partial charge in [-0.2, -0.15) is 10.5 Å². The van der Waals surface area contributed by atoms with Gasteiger partial charge < -0.3 is 0 Å². The van der Waals surface area contributed by atoms with E-state index < -0.39 is 0 Å². The lowest BCUT2D eigenvalue weighted by Gasteiger charge is -2.11. The van der Waals surface area contributed by atoms with E-state index in [1.807, 2.05) is 12.1 Å². The number of hydrogen-bond donors (Lipinski definition) is 0. The molecule has 0 bridgehead atoms. The molecule has 3 heteroatoms. The molecule has 0 fully saturated rings. The topological polar surface area (TPSA) is 47.6 Å². The second-order valence-electron chi connectivity index (χ2n) is 4.15. The Kier molecular flexibility index (Phi) is 4.52. The second-order valence-corrected chi connectivity index (χ2v) is 5.00. The number of nitriles is 2. The molecule has 0 aliphatic rings. The molecule has 0 spiro atoms. The molecule has 0 aliphatic carbocycles. The summed E-state index contributed by atoms with van der Waals surface area (Å²) in [6.45, 7) is 4.26. The van der Waals surface area contributed by atoms with Gasteiger partial charge in [0, 0.05) is 4.47 Å². The van der Waals surface area contributed by atoms with Gasteiger partial charge in [-0.3, -0.25) is 0 Å². The van der Waals surface area contributed by atoms with E-state index in [1.165, 1.54) is 0 Å². The van der Waals surface area contributed by atoms with Crippen LogP contribution in [0.1, 0.15) is 30.5 Å². The minimum Gasteiger partial charge on any atom is -0.198 e. The molecule has 0 amide bonds. The Morgan fingerprint density at radius 3 is 2.44 bits per heavy atom. The van der Waals surface area contributed by atoms with Gasteiger partial charge in [-0.15, -0.1) is 0 Å². The molecule has 1 aromatic rings. The van der Waals surface area contributed by atoms with Crippen molar-refractivity contribution < 1.29 is 0 Å². The second kappa shape index (κ2) is 5.68. The Hall–Kier alpha value is -1.32. The van der Waals surface area contributed by atoms with Crippen molar-refractivity contribution in [2.24, 2.45) is 5.92 Å². The summed E-state index contributed by atoms with van der Waals surface area (Å²) in [5.41, 5.74) is 2.76. The Morgan fingerprint density at radius 2 is 1.94 bits per heavy atom. The van der Waals surface area contributed by atoms with Gasteiger partial charge in [0.05, 0.1) is 18.1 Å². The van der Waals surface area contributed by atoms with Crippen molar-refractivity contribution in [1.29, 1.82) is 10.5 Å². The maximum atomic E-state index is 8.95. The highest BCUT2D eigenvalue weighted by Gasteiger charge is 2.09. The minimum atomic E-state index is 0.395. The van der Waals surface area contributed by atoms with Crippen molar-refractivity contribution in [3.63, 3.8) is 0 Å². The van der Waals surface area contributed by atoms with Crippen LogP contribution in [0.25, 0.3) is 0 Å². The Balaban J connectivity index is 3.21. The maximum absolute atomic E-state index is 8.95. The molecule has 0 saturated heterocycles. The number of benzene rings is 1. The van der Waals surface area contributed by atoms with E-state index in [0.717, 1.165) is 22.0 Å². The summed E-state index contributed by atoms with van der Waals surface area (Å²) < 4.78 is 0.771. The predicted octanol–water partition coefficient (Wildman–Crippen LogP) is 3.59. The molecule has 1 rings (SSSR count). The molecule has 0 atom stereocenters. The van der Waals surface area contributed by atoms with Crippen LogP contribution in [0.3, 0.4) is 0 Å². The van der Waals surface area contributed by atoms with E-state index in [9.17, 15) is 0 Å². The molecular formula is C13H13BrN2. The van der Waals surface area contributed by atoms with E-state index in [0.29, 0.717) is 17.9 Å². The van der Waals surface area contributed by atoms with Gasteiger partial charge in [0.2, 0.25) is 0 Å². The third kappa shape index (κ3) is 3.08. The normalized spacial score (nSPS) is 9.88. The van der Waals surface area contributed by atoms with Crippen molar-refractivity contribution in [3.8, 4) is 12.1 Å². The fraction of sp³-hybridized carbons (Fsp3) is 0.385. The first-order valence-electron chi connectivity index (χ1n) is 5.16. The highest BCUT2D eigenvalue weighted by atomic mass is 79.9. The summed E-state index contributed by atoms with van der Waals surface area (Å²) >= 11 is 3.35. The summed E-state index contributed by atoms with van der Waals surface area (Å²) in [7, 11) is 0. The summed E-state index contributed by atoms with van der Waals surface area (Å²) in [5, 5.41) is 17.7. The fourth-order valence-corrected chi connectivity index (χ4v) is 2.10. The third-order valence-corrected chi connectivity index (χ3v) is 2.96. The van der Waals surface area contributed by atoms with Crippen molar-refractivity contribution in [2.75, 3.05) is 0 Å². The quantitative estimate of drug-likeness (QED) is 0.847. The zero-order valence-corrected chi connectivity index (χ0v) is 11.0. The van der Waals surface area contributed by atoms with Crippen LogP contribution in [0.15, 0.2) is 16.6 Å². The van der Waals surface area contributed by atoms with Crippen LogP contribution in [-0.2, 0) is 12.8 Å². The van der Waals surface area contributed by atoms with Crippen molar-refractivity contribution in [3.05, 3.63) is 33.3 Å². The first kappa shape index (κ1) is 12.7. The molecule has 0 unspecified atom stereocenters. The smallest absolute Gasteiger partial charge is 0.100 e. The van der Waals surface area contributed by atoms with E-state index >= 15 is 0 Å². The third-order valence-electron chi connectivity index (χ3n) is 2.31. The van der Waals surface area contributed by atoms with E-state index in [1.54, 1.807) is 0 Å².